The lowest BCUT2D eigenvalue weighted by molar-refractivity contribution is 0.753. The van der Waals surface area contributed by atoms with Gasteiger partial charge >= 0.3 is 0 Å². The molecule has 2 unspecified atom stereocenters. The fourth-order valence-corrected chi connectivity index (χ4v) is 7.91. The fraction of sp³-hybridized carbons (Fsp3) is 0.714. The molecule has 0 fully saturated rings. The zero-order valence-electron chi connectivity index (χ0n) is 11.1. The molecule has 0 aromatic heterocycles. The molecule has 0 heterocycles. The van der Waals surface area contributed by atoms with E-state index in [-0.39, 0.29) is 0 Å². The van der Waals surface area contributed by atoms with Gasteiger partial charge in [0.1, 0.15) is 0 Å². The first-order chi connectivity index (χ1) is 7.47. The molecule has 0 saturated heterocycles. The second kappa shape index (κ2) is 8.13. The van der Waals surface area contributed by atoms with E-state index in [1.807, 2.05) is 0 Å². The van der Waals surface area contributed by atoms with Gasteiger partial charge < -0.3 is 0 Å². The number of hydrogen-bond acceptors (Lipinski definition) is 0. The van der Waals surface area contributed by atoms with Crippen LogP contribution < -0.4 is 0 Å². The molecular weight excluding hydrogens is 232 g/mol. The van der Waals surface area contributed by atoms with Crippen molar-refractivity contribution in [2.45, 2.75) is 44.9 Å². The van der Waals surface area contributed by atoms with Crippen molar-refractivity contribution in [2.24, 2.45) is 11.8 Å². The number of alkyl halides is 1. The monoisotopic (exact) mass is 258 g/mol. The Morgan fingerprint density at radius 2 is 1.56 bits per heavy atom. The van der Waals surface area contributed by atoms with Crippen LogP contribution in [0.25, 0.3) is 0 Å². The Bertz CT molecular complexity index is 197. The molecule has 0 rings (SSSR count). The zero-order valence-corrected chi connectivity index (χ0v) is 12.9. The minimum atomic E-state index is -1.17. The van der Waals surface area contributed by atoms with Gasteiger partial charge in [-0.2, -0.15) is 0 Å². The average molecular weight is 259 g/mol. The Balaban J connectivity index is 4.45. The summed E-state index contributed by atoms with van der Waals surface area (Å²) in [6.07, 6.45) is 5.34. The van der Waals surface area contributed by atoms with Crippen molar-refractivity contribution in [2.75, 3.05) is 5.88 Å². The predicted molar refractivity (Wildman–Crippen MR) is 80.1 cm³/mol. The van der Waals surface area contributed by atoms with Crippen LogP contribution in [0.4, 0.5) is 0 Å². The van der Waals surface area contributed by atoms with Crippen LogP contribution in [0.5, 0.6) is 0 Å². The largest absolute Gasteiger partial charge is 0.127 e. The van der Waals surface area contributed by atoms with Crippen molar-refractivity contribution in [1.29, 1.82) is 0 Å². The molecule has 0 radical (unpaired) electrons. The van der Waals surface area contributed by atoms with Gasteiger partial charge in [0.05, 0.1) is 8.07 Å². The SMILES string of the molecule is C=CC(C)C[Si](C)(CCCCl)CC(C)C=C. The number of rotatable bonds is 9. The molecule has 16 heavy (non-hydrogen) atoms. The van der Waals surface area contributed by atoms with Crippen LogP contribution in [-0.2, 0) is 0 Å². The van der Waals surface area contributed by atoms with Gasteiger partial charge in [0, 0.05) is 5.88 Å². The molecule has 0 aromatic carbocycles. The molecule has 0 N–H and O–H groups in total. The van der Waals surface area contributed by atoms with Crippen LogP contribution in [0.2, 0.25) is 24.7 Å². The maximum absolute atomic E-state index is 5.83. The van der Waals surface area contributed by atoms with Crippen LogP contribution in [0.1, 0.15) is 20.3 Å². The molecule has 0 spiro atoms. The van der Waals surface area contributed by atoms with Crippen molar-refractivity contribution >= 4 is 19.7 Å². The van der Waals surface area contributed by atoms with Crippen molar-refractivity contribution < 1.29 is 0 Å². The molecule has 0 amide bonds. The molecule has 0 bridgehead atoms. The normalized spacial score (nSPS) is 18.5. The zero-order chi connectivity index (χ0) is 12.6. The maximum atomic E-state index is 5.83. The summed E-state index contributed by atoms with van der Waals surface area (Å²) >= 11 is 5.83. The molecule has 0 saturated carbocycles. The average Bonchev–Trinajstić information content (AvgIpc) is 2.25. The molecule has 0 aliphatic heterocycles. The summed E-state index contributed by atoms with van der Waals surface area (Å²) in [4.78, 5) is 0. The van der Waals surface area contributed by atoms with E-state index in [0.717, 1.165) is 12.3 Å². The van der Waals surface area contributed by atoms with E-state index in [2.05, 4.69) is 45.7 Å². The molecule has 0 aromatic rings. The highest BCUT2D eigenvalue weighted by atomic mass is 35.5. The minimum Gasteiger partial charge on any atom is -0.127 e. The predicted octanol–water partition coefficient (Wildman–Crippen LogP) is 5.34. The summed E-state index contributed by atoms with van der Waals surface area (Å²) in [6.45, 7) is 14.9. The minimum absolute atomic E-state index is 0.643. The third-order valence-corrected chi connectivity index (χ3v) is 8.44. The van der Waals surface area contributed by atoms with Gasteiger partial charge in [0.25, 0.3) is 0 Å². The highest BCUT2D eigenvalue weighted by Gasteiger charge is 2.28. The topological polar surface area (TPSA) is 0 Å². The second-order valence-corrected chi connectivity index (χ2v) is 10.8. The second-order valence-electron chi connectivity index (χ2n) is 5.44. The van der Waals surface area contributed by atoms with Gasteiger partial charge in [0.2, 0.25) is 0 Å². The third kappa shape index (κ3) is 6.54. The Hall–Kier alpha value is -0.0131. The van der Waals surface area contributed by atoms with Gasteiger partial charge in [0.15, 0.2) is 0 Å². The Labute approximate surface area is 108 Å². The molecule has 2 heteroatoms. The Kier molecular flexibility index (Phi) is 8.13. The fourth-order valence-electron chi connectivity index (χ4n) is 2.50. The van der Waals surface area contributed by atoms with E-state index in [1.165, 1.54) is 18.1 Å². The van der Waals surface area contributed by atoms with Gasteiger partial charge in [-0.15, -0.1) is 24.8 Å². The first kappa shape index (κ1) is 16.0. The highest BCUT2D eigenvalue weighted by Crippen LogP contribution is 2.31. The van der Waals surface area contributed by atoms with Crippen molar-refractivity contribution in [3.63, 3.8) is 0 Å². The van der Waals surface area contributed by atoms with E-state index in [1.54, 1.807) is 0 Å². The smallest absolute Gasteiger partial charge is 0.0516 e. The number of hydrogen-bond donors (Lipinski definition) is 0. The molecular formula is C14H27ClSi. The van der Waals surface area contributed by atoms with Crippen LogP contribution in [0.15, 0.2) is 25.3 Å². The van der Waals surface area contributed by atoms with E-state index in [4.69, 9.17) is 11.6 Å². The van der Waals surface area contributed by atoms with Crippen molar-refractivity contribution in [3.8, 4) is 0 Å². The lowest BCUT2D eigenvalue weighted by atomic mass is 10.2. The Morgan fingerprint density at radius 3 is 1.88 bits per heavy atom. The summed E-state index contributed by atoms with van der Waals surface area (Å²) in [5.74, 6) is 2.08. The standard InChI is InChI=1S/C14H27ClSi/c1-6-13(3)11-16(5,10-8-9-15)12-14(4)7-2/h6-7,13-14H,1-2,8-12H2,3-5H3. The van der Waals surface area contributed by atoms with Crippen molar-refractivity contribution in [1.82, 2.24) is 0 Å². The van der Waals surface area contributed by atoms with E-state index < -0.39 is 8.07 Å². The first-order valence-corrected chi connectivity index (χ1v) is 9.94. The lowest BCUT2D eigenvalue weighted by Gasteiger charge is -2.31. The summed E-state index contributed by atoms with van der Waals surface area (Å²) in [5.41, 5.74) is 0. The van der Waals surface area contributed by atoms with Crippen LogP contribution >= 0.6 is 11.6 Å². The van der Waals surface area contributed by atoms with E-state index in [9.17, 15) is 0 Å². The van der Waals surface area contributed by atoms with Crippen LogP contribution in [-0.4, -0.2) is 14.0 Å². The summed E-state index contributed by atoms with van der Waals surface area (Å²) < 4.78 is 0. The molecule has 94 valence electrons. The summed E-state index contributed by atoms with van der Waals surface area (Å²) in [7, 11) is -1.17. The van der Waals surface area contributed by atoms with E-state index in [0.29, 0.717) is 11.8 Å². The highest BCUT2D eigenvalue weighted by molar-refractivity contribution is 6.78. The molecule has 0 aliphatic rings. The lowest BCUT2D eigenvalue weighted by Crippen LogP contribution is -2.33. The van der Waals surface area contributed by atoms with Gasteiger partial charge in [-0.25, -0.2) is 0 Å². The van der Waals surface area contributed by atoms with Crippen LogP contribution in [0.3, 0.4) is 0 Å². The number of allylic oxidation sites excluding steroid dienone is 2. The van der Waals surface area contributed by atoms with Crippen LogP contribution in [0, 0.1) is 11.8 Å². The van der Waals surface area contributed by atoms with Gasteiger partial charge in [-0.3, -0.25) is 0 Å². The van der Waals surface area contributed by atoms with E-state index >= 15 is 0 Å². The number of halogens is 1. The summed E-state index contributed by atoms with van der Waals surface area (Å²) in [6, 6.07) is 4.02. The maximum Gasteiger partial charge on any atom is 0.0516 e. The third-order valence-electron chi connectivity index (χ3n) is 3.35. The molecule has 0 nitrogen and oxygen atoms in total. The quantitative estimate of drug-likeness (QED) is 0.298. The van der Waals surface area contributed by atoms with Gasteiger partial charge in [-0.1, -0.05) is 50.7 Å². The molecule has 0 aliphatic carbocycles. The molecule has 2 atom stereocenters. The summed E-state index contributed by atoms with van der Waals surface area (Å²) in [5, 5.41) is 0. The Morgan fingerprint density at radius 1 is 1.12 bits per heavy atom. The first-order valence-electron chi connectivity index (χ1n) is 6.28. The van der Waals surface area contributed by atoms with Crippen molar-refractivity contribution in [3.05, 3.63) is 25.3 Å². The van der Waals surface area contributed by atoms with Gasteiger partial charge in [-0.05, 0) is 18.3 Å².